The van der Waals surface area contributed by atoms with Crippen molar-refractivity contribution in [2.45, 2.75) is 52.4 Å². The highest BCUT2D eigenvalue weighted by atomic mass is 32.1. The van der Waals surface area contributed by atoms with E-state index in [0.717, 1.165) is 17.5 Å². The molecule has 0 aliphatic heterocycles. The van der Waals surface area contributed by atoms with E-state index in [2.05, 4.69) is 16.2 Å². The number of hydrogen-bond acceptors (Lipinski definition) is 6. The van der Waals surface area contributed by atoms with Crippen LogP contribution in [0.5, 0.6) is 5.75 Å². The summed E-state index contributed by atoms with van der Waals surface area (Å²) in [6, 6.07) is 15.8. The SMILES string of the molecule is Cc1ccc(C(C)C)c(OCC(=O)NNC(=S)NC(=O)CCC(=O)OCCCc2ccccc2)c1. The average molecular weight is 500 g/mol. The van der Waals surface area contributed by atoms with E-state index < -0.39 is 17.8 Å². The summed E-state index contributed by atoms with van der Waals surface area (Å²) in [6.45, 7) is 6.12. The second kappa shape index (κ2) is 14.7. The van der Waals surface area contributed by atoms with Gasteiger partial charge in [-0.05, 0) is 60.7 Å². The highest BCUT2D eigenvalue weighted by Crippen LogP contribution is 2.27. The Kier molecular flexibility index (Phi) is 11.7. The molecule has 0 bridgehead atoms. The first-order valence-corrected chi connectivity index (χ1v) is 12.0. The molecule has 35 heavy (non-hydrogen) atoms. The molecule has 188 valence electrons. The van der Waals surface area contributed by atoms with E-state index in [0.29, 0.717) is 18.8 Å². The molecule has 2 amide bonds. The Morgan fingerprint density at radius 1 is 0.971 bits per heavy atom. The molecule has 0 heterocycles. The fourth-order valence-electron chi connectivity index (χ4n) is 3.16. The third-order valence-electron chi connectivity index (χ3n) is 4.99. The van der Waals surface area contributed by atoms with Gasteiger partial charge < -0.3 is 14.8 Å². The number of thiocarbonyl (C=S) groups is 1. The molecule has 0 aliphatic rings. The number of esters is 1. The largest absolute Gasteiger partial charge is 0.483 e. The lowest BCUT2D eigenvalue weighted by molar-refractivity contribution is -0.145. The first-order chi connectivity index (χ1) is 16.7. The number of nitrogens with one attached hydrogen (secondary N) is 3. The molecule has 0 saturated carbocycles. The molecular formula is C26H33N3O5S. The van der Waals surface area contributed by atoms with Crippen molar-refractivity contribution >= 4 is 35.1 Å². The van der Waals surface area contributed by atoms with Gasteiger partial charge in [-0.1, -0.05) is 56.3 Å². The Labute approximate surface area is 211 Å². The maximum Gasteiger partial charge on any atom is 0.306 e. The van der Waals surface area contributed by atoms with E-state index in [9.17, 15) is 14.4 Å². The van der Waals surface area contributed by atoms with Gasteiger partial charge >= 0.3 is 5.97 Å². The van der Waals surface area contributed by atoms with Crippen LogP contribution in [0.4, 0.5) is 0 Å². The van der Waals surface area contributed by atoms with Gasteiger partial charge in [0.1, 0.15) is 5.75 Å². The number of hydrogen-bond donors (Lipinski definition) is 3. The number of aryl methyl sites for hydroxylation is 2. The van der Waals surface area contributed by atoms with Crippen molar-refractivity contribution in [3.63, 3.8) is 0 Å². The summed E-state index contributed by atoms with van der Waals surface area (Å²) in [4.78, 5) is 35.9. The number of carbonyl (C=O) groups is 3. The topological polar surface area (TPSA) is 106 Å². The molecule has 0 unspecified atom stereocenters. The number of ether oxygens (including phenoxy) is 2. The van der Waals surface area contributed by atoms with Crippen molar-refractivity contribution in [2.24, 2.45) is 0 Å². The number of carbonyl (C=O) groups excluding carboxylic acids is 3. The van der Waals surface area contributed by atoms with Gasteiger partial charge in [0.05, 0.1) is 13.0 Å². The fourth-order valence-corrected chi connectivity index (χ4v) is 3.33. The van der Waals surface area contributed by atoms with Crippen molar-refractivity contribution in [3.8, 4) is 5.75 Å². The van der Waals surface area contributed by atoms with Crippen LogP contribution in [0.3, 0.4) is 0 Å². The highest BCUT2D eigenvalue weighted by Gasteiger charge is 2.12. The van der Waals surface area contributed by atoms with Crippen LogP contribution in [-0.4, -0.2) is 36.1 Å². The smallest absolute Gasteiger partial charge is 0.306 e. The summed E-state index contributed by atoms with van der Waals surface area (Å²) in [5.74, 6) is -0.471. The zero-order valence-corrected chi connectivity index (χ0v) is 21.2. The van der Waals surface area contributed by atoms with Crippen LogP contribution in [0.15, 0.2) is 48.5 Å². The highest BCUT2D eigenvalue weighted by molar-refractivity contribution is 7.80. The first kappa shape index (κ1) is 27.8. The number of rotatable bonds is 11. The quantitative estimate of drug-likeness (QED) is 0.188. The molecular weight excluding hydrogens is 466 g/mol. The molecule has 0 aromatic heterocycles. The molecule has 0 aliphatic carbocycles. The predicted octanol–water partition coefficient (Wildman–Crippen LogP) is 3.48. The molecule has 3 N–H and O–H groups in total. The normalized spacial score (nSPS) is 10.4. The third kappa shape index (κ3) is 11.0. The molecule has 0 saturated heterocycles. The zero-order valence-electron chi connectivity index (χ0n) is 20.4. The van der Waals surface area contributed by atoms with Gasteiger partial charge in [-0.15, -0.1) is 0 Å². The molecule has 2 rings (SSSR count). The number of benzene rings is 2. The van der Waals surface area contributed by atoms with Gasteiger partial charge in [-0.3, -0.25) is 25.2 Å². The maximum atomic E-state index is 12.1. The molecule has 0 radical (unpaired) electrons. The second-order valence-electron chi connectivity index (χ2n) is 8.34. The van der Waals surface area contributed by atoms with Crippen molar-refractivity contribution in [1.82, 2.24) is 16.2 Å². The van der Waals surface area contributed by atoms with Crippen LogP contribution >= 0.6 is 12.2 Å². The molecule has 0 spiro atoms. The predicted molar refractivity (Wildman–Crippen MR) is 138 cm³/mol. The zero-order chi connectivity index (χ0) is 25.6. The molecule has 9 heteroatoms. The molecule has 2 aromatic carbocycles. The summed E-state index contributed by atoms with van der Waals surface area (Å²) < 4.78 is 10.8. The maximum absolute atomic E-state index is 12.1. The van der Waals surface area contributed by atoms with Gasteiger partial charge in [0.2, 0.25) is 5.91 Å². The van der Waals surface area contributed by atoms with Gasteiger partial charge in [-0.2, -0.15) is 0 Å². The standard InChI is InChI=1S/C26H33N3O5S/c1-18(2)21-12-11-19(3)16-22(21)34-17-24(31)28-29-26(35)27-23(30)13-14-25(32)33-15-7-10-20-8-5-4-6-9-20/h4-6,8-9,11-12,16,18H,7,10,13-15,17H2,1-3H3,(H,28,31)(H2,27,29,30,35). The lowest BCUT2D eigenvalue weighted by Gasteiger charge is -2.15. The van der Waals surface area contributed by atoms with Gasteiger partial charge in [0.25, 0.3) is 5.91 Å². The fraction of sp³-hybridized carbons (Fsp3) is 0.385. The van der Waals surface area contributed by atoms with Crippen LogP contribution in [0.2, 0.25) is 0 Å². The summed E-state index contributed by atoms with van der Waals surface area (Å²) in [6.07, 6.45) is 1.38. The lowest BCUT2D eigenvalue weighted by Crippen LogP contribution is -2.49. The van der Waals surface area contributed by atoms with E-state index in [1.807, 2.05) is 69.3 Å². The van der Waals surface area contributed by atoms with Crippen molar-refractivity contribution in [1.29, 1.82) is 0 Å². The lowest BCUT2D eigenvalue weighted by atomic mass is 10.0. The van der Waals surface area contributed by atoms with Gasteiger partial charge in [0.15, 0.2) is 11.7 Å². The molecule has 8 nitrogen and oxygen atoms in total. The van der Waals surface area contributed by atoms with E-state index in [4.69, 9.17) is 21.7 Å². The van der Waals surface area contributed by atoms with E-state index in [1.54, 1.807) is 0 Å². The van der Waals surface area contributed by atoms with Crippen LogP contribution in [0, 0.1) is 6.92 Å². The number of hydrazine groups is 1. The van der Waals surface area contributed by atoms with Gasteiger partial charge in [0, 0.05) is 6.42 Å². The van der Waals surface area contributed by atoms with Crippen LogP contribution in [0.25, 0.3) is 0 Å². The Morgan fingerprint density at radius 2 is 1.71 bits per heavy atom. The van der Waals surface area contributed by atoms with E-state index in [-0.39, 0.29) is 30.5 Å². The van der Waals surface area contributed by atoms with Crippen LogP contribution < -0.4 is 20.9 Å². The summed E-state index contributed by atoms with van der Waals surface area (Å²) in [7, 11) is 0. The van der Waals surface area contributed by atoms with Crippen molar-refractivity contribution < 1.29 is 23.9 Å². The third-order valence-corrected chi connectivity index (χ3v) is 5.19. The Bertz CT molecular complexity index is 1010. The summed E-state index contributed by atoms with van der Waals surface area (Å²) in [5, 5.41) is 2.32. The monoisotopic (exact) mass is 499 g/mol. The minimum atomic E-state index is -0.462. The molecule has 0 atom stereocenters. The Balaban J connectivity index is 1.59. The minimum Gasteiger partial charge on any atom is -0.483 e. The second-order valence-corrected chi connectivity index (χ2v) is 8.75. The minimum absolute atomic E-state index is 0.0609. The van der Waals surface area contributed by atoms with Crippen LogP contribution in [-0.2, 0) is 25.5 Å². The van der Waals surface area contributed by atoms with Crippen molar-refractivity contribution in [2.75, 3.05) is 13.2 Å². The first-order valence-electron chi connectivity index (χ1n) is 11.6. The summed E-state index contributed by atoms with van der Waals surface area (Å²) >= 11 is 5.00. The molecule has 2 aromatic rings. The van der Waals surface area contributed by atoms with E-state index in [1.165, 1.54) is 5.56 Å². The Hall–Kier alpha value is -3.46. The Morgan fingerprint density at radius 3 is 2.43 bits per heavy atom. The van der Waals surface area contributed by atoms with Crippen LogP contribution in [0.1, 0.15) is 55.7 Å². The number of amides is 2. The van der Waals surface area contributed by atoms with E-state index >= 15 is 0 Å². The molecule has 0 fully saturated rings. The van der Waals surface area contributed by atoms with Gasteiger partial charge in [-0.25, -0.2) is 0 Å². The average Bonchev–Trinajstić information content (AvgIpc) is 2.83. The summed E-state index contributed by atoms with van der Waals surface area (Å²) in [5.41, 5.74) is 8.04. The van der Waals surface area contributed by atoms with Crippen molar-refractivity contribution in [3.05, 3.63) is 65.2 Å².